The fourth-order valence-electron chi connectivity index (χ4n) is 12.6. The second kappa shape index (κ2) is 22.8. The van der Waals surface area contributed by atoms with Crippen LogP contribution in [0.4, 0.5) is 0 Å². The molecule has 0 aliphatic carbocycles. The van der Waals surface area contributed by atoms with E-state index in [1.54, 1.807) is 72.8 Å². The molecule has 0 fully saturated rings. The molecule has 0 bridgehead atoms. The van der Waals surface area contributed by atoms with Gasteiger partial charge in [0.05, 0.1) is 150 Å². The Hall–Kier alpha value is -14.4. The molecule has 0 spiro atoms. The largest absolute Gasteiger partial charge is 0.308 e. The van der Waals surface area contributed by atoms with Gasteiger partial charge in [0.1, 0.15) is 0 Å². The third-order valence-corrected chi connectivity index (χ3v) is 16.8. The molecular formula is C80H38N12. The number of nitrogens with zero attached hydrogens (tertiary/aromatic N) is 12. The highest BCUT2D eigenvalue weighted by atomic mass is 15.0. The zero-order valence-corrected chi connectivity index (χ0v) is 48.3. The van der Waals surface area contributed by atoms with Crippen LogP contribution < -0.4 is 0 Å². The first-order valence-corrected chi connectivity index (χ1v) is 28.8. The van der Waals surface area contributed by atoms with E-state index in [0.29, 0.717) is 123 Å². The fourth-order valence-corrected chi connectivity index (χ4v) is 12.6. The normalized spacial score (nSPS) is 10.7. The third kappa shape index (κ3) is 9.39. The summed E-state index contributed by atoms with van der Waals surface area (Å²) in [5.41, 5.74) is 16.8. The molecule has 0 aliphatic rings. The summed E-state index contributed by atoms with van der Waals surface area (Å²) in [4.78, 5) is 5.34. The topological polar surface area (TPSA) is 237 Å². The molecule has 0 unspecified atom stereocenters. The van der Waals surface area contributed by atoms with Crippen LogP contribution in [-0.4, -0.2) is 14.1 Å². The SMILES string of the molecule is N#Cc1ccc(-c2ccc3c(c2)c2cc(-c4ccc(C#N)cc4C#N)ccc2n3-c2cc(C#N)cc(-n3c4ccc(-c5ccc(C#N)cc5C#N)cc4c4cc(-c5ccc(C#N)cc5C#N)ccc43)c2-c2cc(-c3ccccc3)nc(-c3ccccc3)c2)c(C#N)c1. The summed E-state index contributed by atoms with van der Waals surface area (Å²) in [6.07, 6.45) is 0. The minimum absolute atomic E-state index is 0.311. The molecule has 14 aromatic rings. The van der Waals surface area contributed by atoms with Gasteiger partial charge in [0.25, 0.3) is 0 Å². The van der Waals surface area contributed by atoms with Gasteiger partial charge in [-0.15, -0.1) is 0 Å². The maximum Gasteiger partial charge on any atom is 0.0998 e. The van der Waals surface area contributed by atoms with E-state index in [1.165, 1.54) is 0 Å². The van der Waals surface area contributed by atoms with Gasteiger partial charge in [-0.2, -0.15) is 47.4 Å². The number of rotatable bonds is 9. The van der Waals surface area contributed by atoms with Crippen molar-refractivity contribution in [3.8, 4) is 144 Å². The van der Waals surface area contributed by atoms with Gasteiger partial charge in [-0.05, 0) is 171 Å². The van der Waals surface area contributed by atoms with Crippen LogP contribution in [0.2, 0.25) is 0 Å². The number of nitriles is 9. The highest BCUT2D eigenvalue weighted by Crippen LogP contribution is 2.47. The zero-order chi connectivity index (χ0) is 63.1. The molecular weight excluding hydrogens is 1130 g/mol. The molecule has 0 radical (unpaired) electrons. The van der Waals surface area contributed by atoms with Gasteiger partial charge in [-0.3, -0.25) is 0 Å². The first kappa shape index (κ1) is 55.5. The summed E-state index contributed by atoms with van der Waals surface area (Å²) in [6.45, 7) is 0. The second-order valence-corrected chi connectivity index (χ2v) is 21.9. The quantitative estimate of drug-likeness (QED) is 0.132. The van der Waals surface area contributed by atoms with Crippen LogP contribution in [0.25, 0.3) is 133 Å². The average Bonchev–Trinajstić information content (AvgIpc) is 1.52. The van der Waals surface area contributed by atoms with Crippen molar-refractivity contribution in [3.05, 3.63) is 281 Å². The van der Waals surface area contributed by atoms with Crippen LogP contribution in [0.3, 0.4) is 0 Å². The number of aromatic nitrogens is 3. The van der Waals surface area contributed by atoms with E-state index >= 15 is 0 Å². The predicted octanol–water partition coefficient (Wildman–Crippen LogP) is 17.8. The summed E-state index contributed by atoms with van der Waals surface area (Å²) in [6, 6.07) is 92.0. The number of hydrogen-bond acceptors (Lipinski definition) is 10. The number of pyridine rings is 1. The van der Waals surface area contributed by atoms with Gasteiger partial charge < -0.3 is 9.13 Å². The van der Waals surface area contributed by atoms with Crippen LogP contribution in [-0.2, 0) is 0 Å². The molecule has 14 rings (SSSR count). The molecule has 0 N–H and O–H groups in total. The van der Waals surface area contributed by atoms with E-state index in [9.17, 15) is 47.4 Å². The highest BCUT2D eigenvalue weighted by Gasteiger charge is 2.27. The summed E-state index contributed by atoms with van der Waals surface area (Å²) >= 11 is 0. The molecule has 3 heterocycles. The average molecular weight is 1170 g/mol. The Morgan fingerprint density at radius 3 is 0.804 bits per heavy atom. The van der Waals surface area contributed by atoms with Gasteiger partial charge in [-0.25, -0.2) is 4.98 Å². The van der Waals surface area contributed by atoms with Gasteiger partial charge >= 0.3 is 0 Å². The molecule has 418 valence electrons. The van der Waals surface area contributed by atoms with Crippen LogP contribution >= 0.6 is 0 Å². The summed E-state index contributed by atoms with van der Waals surface area (Å²) in [5.74, 6) is 0. The van der Waals surface area contributed by atoms with Gasteiger partial charge in [-0.1, -0.05) is 109 Å². The highest BCUT2D eigenvalue weighted by molar-refractivity contribution is 6.15. The lowest BCUT2D eigenvalue weighted by Crippen LogP contribution is -2.06. The van der Waals surface area contributed by atoms with Crippen LogP contribution in [0.5, 0.6) is 0 Å². The Balaban J connectivity index is 1.14. The van der Waals surface area contributed by atoms with Crippen LogP contribution in [0.15, 0.2) is 231 Å². The Morgan fingerprint density at radius 2 is 0.533 bits per heavy atom. The lowest BCUT2D eigenvalue weighted by molar-refractivity contribution is 1.13. The number of hydrogen-bond donors (Lipinski definition) is 0. The summed E-state index contributed by atoms with van der Waals surface area (Å²) < 4.78 is 4.28. The predicted molar refractivity (Wildman–Crippen MR) is 353 cm³/mol. The van der Waals surface area contributed by atoms with Crippen molar-refractivity contribution >= 4 is 43.6 Å². The molecule has 92 heavy (non-hydrogen) atoms. The van der Waals surface area contributed by atoms with Gasteiger partial charge in [0, 0.05) is 38.2 Å². The Kier molecular flexibility index (Phi) is 13.7. The number of benzene rings is 11. The molecule has 11 aromatic carbocycles. The maximum absolute atomic E-state index is 11.5. The van der Waals surface area contributed by atoms with Gasteiger partial charge in [0.2, 0.25) is 0 Å². The number of fused-ring (bicyclic) bond motifs is 6. The third-order valence-electron chi connectivity index (χ3n) is 16.8. The Morgan fingerprint density at radius 1 is 0.239 bits per heavy atom. The van der Waals surface area contributed by atoms with Crippen molar-refractivity contribution in [2.24, 2.45) is 0 Å². The minimum atomic E-state index is 0.311. The second-order valence-electron chi connectivity index (χ2n) is 21.9. The van der Waals surface area contributed by atoms with Crippen molar-refractivity contribution in [2.75, 3.05) is 0 Å². The Bertz CT molecular complexity index is 5330. The van der Waals surface area contributed by atoms with Gasteiger partial charge in [0.15, 0.2) is 0 Å². The lowest BCUT2D eigenvalue weighted by atomic mass is 9.95. The van der Waals surface area contributed by atoms with Crippen molar-refractivity contribution < 1.29 is 0 Å². The summed E-state index contributed by atoms with van der Waals surface area (Å²) in [5, 5.41) is 96.1. The monoisotopic (exact) mass is 1170 g/mol. The minimum Gasteiger partial charge on any atom is -0.308 e. The zero-order valence-electron chi connectivity index (χ0n) is 48.3. The van der Waals surface area contributed by atoms with E-state index < -0.39 is 0 Å². The van der Waals surface area contributed by atoms with E-state index in [1.807, 2.05) is 146 Å². The van der Waals surface area contributed by atoms with E-state index in [0.717, 1.165) is 60.3 Å². The lowest BCUT2D eigenvalue weighted by Gasteiger charge is -2.22. The fraction of sp³-hybridized carbons (Fsp3) is 0. The van der Waals surface area contributed by atoms with Crippen LogP contribution in [0.1, 0.15) is 50.1 Å². The molecule has 0 amide bonds. The molecule has 3 aromatic heterocycles. The summed E-state index contributed by atoms with van der Waals surface area (Å²) in [7, 11) is 0. The Labute approximate surface area is 527 Å². The molecule has 12 heteroatoms. The van der Waals surface area contributed by atoms with Crippen molar-refractivity contribution in [3.63, 3.8) is 0 Å². The first-order chi connectivity index (χ1) is 45.2. The van der Waals surface area contributed by atoms with Crippen LogP contribution in [0, 0.1) is 102 Å². The van der Waals surface area contributed by atoms with Crippen molar-refractivity contribution in [1.82, 2.24) is 14.1 Å². The standard InChI is InChI=1S/C80H38N12/c81-39-48-11-19-64(60(27-48)44-86)55-15-23-74-68(33-55)69-34-56(65-20-12-49(40-82)28-61(65)45-87)16-24-75(69)91(74)78-31-52(43-85)32-79(80(78)59-37-72(53-7-3-1-4-8-53)90-73(38-59)54-9-5-2-6-10-54)92-76-25-17-57(66-21-13-50(41-83)29-62(66)46-88)35-70(76)71-36-58(18-26-77(71)92)67-22-14-51(42-84)30-63(67)47-89/h1-38H. The van der Waals surface area contributed by atoms with E-state index in [2.05, 4.69) is 75.9 Å². The van der Waals surface area contributed by atoms with Crippen molar-refractivity contribution in [1.29, 1.82) is 47.4 Å². The van der Waals surface area contributed by atoms with E-state index in [-0.39, 0.29) is 0 Å². The first-order valence-electron chi connectivity index (χ1n) is 28.8. The smallest absolute Gasteiger partial charge is 0.0998 e. The molecule has 12 nitrogen and oxygen atoms in total. The molecule has 0 atom stereocenters. The van der Waals surface area contributed by atoms with E-state index in [4.69, 9.17) is 4.98 Å². The molecule has 0 aliphatic heterocycles. The maximum atomic E-state index is 11.5. The van der Waals surface area contributed by atoms with Crippen molar-refractivity contribution in [2.45, 2.75) is 0 Å². The molecule has 0 saturated carbocycles. The molecule has 0 saturated heterocycles.